The molecule has 22 heavy (non-hydrogen) atoms. The summed E-state index contributed by atoms with van der Waals surface area (Å²) in [6.45, 7) is 2.08. The minimum absolute atomic E-state index is 0.0338. The molecule has 0 aliphatic heterocycles. The monoisotopic (exact) mass is 310 g/mol. The Kier molecular flexibility index (Phi) is 3.34. The van der Waals surface area contributed by atoms with Gasteiger partial charge in [0, 0.05) is 11.3 Å². The fourth-order valence-corrected chi connectivity index (χ4v) is 4.47. The second kappa shape index (κ2) is 5.36. The van der Waals surface area contributed by atoms with Crippen LogP contribution < -0.4 is 5.56 Å². The second-order valence-corrected chi connectivity index (χ2v) is 7.15. The van der Waals surface area contributed by atoms with Crippen LogP contribution in [0.2, 0.25) is 0 Å². The van der Waals surface area contributed by atoms with E-state index in [9.17, 15) is 4.79 Å². The quantitative estimate of drug-likeness (QED) is 0.783. The molecule has 0 atom stereocenters. The molecule has 0 fully saturated rings. The minimum Gasteiger partial charge on any atom is -0.310 e. The minimum atomic E-state index is 0.0338. The standard InChI is InChI=1S/C18H18N2OS/c1-11-6-8-12(9-7-11)10-15-19-17(21)16-13-4-2-3-5-14(13)22-18(16)20-15/h6-9H,2-5,10H2,1H3,(H,19,20,21). The molecule has 2 aromatic heterocycles. The van der Waals surface area contributed by atoms with E-state index in [0.717, 1.165) is 28.9 Å². The lowest BCUT2D eigenvalue weighted by Gasteiger charge is -2.09. The summed E-state index contributed by atoms with van der Waals surface area (Å²) >= 11 is 1.71. The predicted molar refractivity (Wildman–Crippen MR) is 90.9 cm³/mol. The van der Waals surface area contributed by atoms with E-state index in [1.807, 2.05) is 0 Å². The van der Waals surface area contributed by atoms with Crippen LogP contribution in [0.4, 0.5) is 0 Å². The van der Waals surface area contributed by atoms with Gasteiger partial charge in [-0.05, 0) is 43.7 Å². The van der Waals surface area contributed by atoms with Gasteiger partial charge in [-0.15, -0.1) is 11.3 Å². The molecule has 2 heterocycles. The lowest BCUT2D eigenvalue weighted by molar-refractivity contribution is 0.700. The lowest BCUT2D eigenvalue weighted by atomic mass is 9.97. The Morgan fingerprint density at radius 3 is 2.77 bits per heavy atom. The topological polar surface area (TPSA) is 45.8 Å². The molecule has 0 radical (unpaired) electrons. The SMILES string of the molecule is Cc1ccc(Cc2nc3sc4c(c3c(=O)[nH]2)CCCC4)cc1. The summed E-state index contributed by atoms with van der Waals surface area (Å²) in [5.74, 6) is 0.764. The first-order valence-electron chi connectivity index (χ1n) is 7.80. The van der Waals surface area contributed by atoms with Gasteiger partial charge in [-0.2, -0.15) is 0 Å². The first-order valence-corrected chi connectivity index (χ1v) is 8.61. The highest BCUT2D eigenvalue weighted by Gasteiger charge is 2.19. The maximum Gasteiger partial charge on any atom is 0.259 e. The normalized spacial score (nSPS) is 14.2. The van der Waals surface area contributed by atoms with Crippen molar-refractivity contribution in [3.8, 4) is 0 Å². The zero-order chi connectivity index (χ0) is 15.1. The van der Waals surface area contributed by atoms with Crippen molar-refractivity contribution >= 4 is 21.6 Å². The van der Waals surface area contributed by atoms with Crippen molar-refractivity contribution in [2.24, 2.45) is 0 Å². The van der Waals surface area contributed by atoms with E-state index >= 15 is 0 Å². The summed E-state index contributed by atoms with van der Waals surface area (Å²) in [6, 6.07) is 8.38. The zero-order valence-corrected chi connectivity index (χ0v) is 13.4. The Hall–Kier alpha value is -1.94. The largest absolute Gasteiger partial charge is 0.310 e. The Morgan fingerprint density at radius 1 is 1.18 bits per heavy atom. The molecular formula is C18H18N2OS. The van der Waals surface area contributed by atoms with E-state index in [1.54, 1.807) is 11.3 Å². The van der Waals surface area contributed by atoms with Crippen LogP contribution >= 0.6 is 11.3 Å². The molecule has 3 nitrogen and oxygen atoms in total. The van der Waals surface area contributed by atoms with Crippen LogP contribution in [-0.4, -0.2) is 9.97 Å². The first kappa shape index (κ1) is 13.7. The summed E-state index contributed by atoms with van der Waals surface area (Å²) in [5.41, 5.74) is 3.70. The highest BCUT2D eigenvalue weighted by Crippen LogP contribution is 2.33. The molecule has 0 unspecified atom stereocenters. The van der Waals surface area contributed by atoms with Crippen molar-refractivity contribution in [3.05, 3.63) is 62.0 Å². The number of thiophene rings is 1. The van der Waals surface area contributed by atoms with Crippen LogP contribution in [0.15, 0.2) is 29.1 Å². The molecule has 0 spiro atoms. The first-order chi connectivity index (χ1) is 10.7. The molecule has 1 aromatic carbocycles. The van der Waals surface area contributed by atoms with E-state index in [-0.39, 0.29) is 5.56 Å². The molecule has 4 rings (SSSR count). The maximum atomic E-state index is 12.5. The van der Waals surface area contributed by atoms with Gasteiger partial charge >= 0.3 is 0 Å². The Bertz CT molecular complexity index is 890. The number of aromatic nitrogens is 2. The van der Waals surface area contributed by atoms with Gasteiger partial charge in [0.25, 0.3) is 5.56 Å². The molecule has 0 bridgehead atoms. The number of benzene rings is 1. The summed E-state index contributed by atoms with van der Waals surface area (Å²) in [5, 5.41) is 0.840. The maximum absolute atomic E-state index is 12.5. The second-order valence-electron chi connectivity index (χ2n) is 6.07. The van der Waals surface area contributed by atoms with E-state index < -0.39 is 0 Å². The van der Waals surface area contributed by atoms with E-state index in [0.29, 0.717) is 6.42 Å². The molecule has 1 aliphatic rings. The summed E-state index contributed by atoms with van der Waals surface area (Å²) in [7, 11) is 0. The number of aryl methyl sites for hydroxylation is 3. The van der Waals surface area contributed by atoms with Gasteiger partial charge < -0.3 is 4.98 Å². The number of H-pyrrole nitrogens is 1. The smallest absolute Gasteiger partial charge is 0.259 e. The van der Waals surface area contributed by atoms with Crippen molar-refractivity contribution in [1.29, 1.82) is 0 Å². The fourth-order valence-electron chi connectivity index (χ4n) is 3.19. The third kappa shape index (κ3) is 2.37. The van der Waals surface area contributed by atoms with Gasteiger partial charge in [0.15, 0.2) is 0 Å². The van der Waals surface area contributed by atoms with Gasteiger partial charge in [-0.25, -0.2) is 4.98 Å². The average molecular weight is 310 g/mol. The van der Waals surface area contributed by atoms with Crippen LogP contribution in [0.3, 0.4) is 0 Å². The summed E-state index contributed by atoms with van der Waals surface area (Å²) in [4.78, 5) is 22.5. The summed E-state index contributed by atoms with van der Waals surface area (Å²) < 4.78 is 0. The number of rotatable bonds is 2. The number of hydrogen-bond donors (Lipinski definition) is 1. The number of hydrogen-bond acceptors (Lipinski definition) is 3. The highest BCUT2D eigenvalue weighted by molar-refractivity contribution is 7.18. The van der Waals surface area contributed by atoms with Gasteiger partial charge in [0.2, 0.25) is 0 Å². The number of nitrogens with zero attached hydrogens (tertiary/aromatic N) is 1. The zero-order valence-electron chi connectivity index (χ0n) is 12.6. The molecule has 0 saturated carbocycles. The van der Waals surface area contributed by atoms with Crippen molar-refractivity contribution in [2.75, 3.05) is 0 Å². The molecule has 4 heteroatoms. The molecule has 112 valence electrons. The van der Waals surface area contributed by atoms with Gasteiger partial charge in [0.05, 0.1) is 5.39 Å². The van der Waals surface area contributed by atoms with Crippen molar-refractivity contribution in [3.63, 3.8) is 0 Å². The third-order valence-corrected chi connectivity index (χ3v) is 5.55. The van der Waals surface area contributed by atoms with Gasteiger partial charge in [-0.1, -0.05) is 29.8 Å². The number of nitrogens with one attached hydrogen (secondary N) is 1. The Morgan fingerprint density at radius 2 is 1.95 bits per heavy atom. The highest BCUT2D eigenvalue weighted by atomic mass is 32.1. The van der Waals surface area contributed by atoms with Gasteiger partial charge in [0.1, 0.15) is 10.7 Å². The van der Waals surface area contributed by atoms with E-state index in [4.69, 9.17) is 4.98 Å². The third-order valence-electron chi connectivity index (χ3n) is 4.37. The van der Waals surface area contributed by atoms with E-state index in [1.165, 1.54) is 34.4 Å². The van der Waals surface area contributed by atoms with Crippen LogP contribution in [0.5, 0.6) is 0 Å². The molecule has 1 aliphatic carbocycles. The molecular weight excluding hydrogens is 292 g/mol. The number of aromatic amines is 1. The van der Waals surface area contributed by atoms with Crippen LogP contribution in [0.1, 0.15) is 40.2 Å². The molecule has 1 N–H and O–H groups in total. The van der Waals surface area contributed by atoms with Crippen molar-refractivity contribution in [2.45, 2.75) is 39.0 Å². The summed E-state index contributed by atoms with van der Waals surface area (Å²) in [6.07, 6.45) is 5.21. The fraction of sp³-hybridized carbons (Fsp3) is 0.333. The lowest BCUT2D eigenvalue weighted by Crippen LogP contribution is -2.13. The van der Waals surface area contributed by atoms with Gasteiger partial charge in [-0.3, -0.25) is 4.79 Å². The molecule has 3 aromatic rings. The van der Waals surface area contributed by atoms with Crippen molar-refractivity contribution < 1.29 is 0 Å². The molecule has 0 saturated heterocycles. The Labute approximate surface area is 133 Å². The Balaban J connectivity index is 1.77. The van der Waals surface area contributed by atoms with Crippen molar-refractivity contribution in [1.82, 2.24) is 9.97 Å². The van der Waals surface area contributed by atoms with Crippen LogP contribution in [-0.2, 0) is 19.3 Å². The van der Waals surface area contributed by atoms with Crippen LogP contribution in [0, 0.1) is 6.92 Å². The number of fused-ring (bicyclic) bond motifs is 3. The van der Waals surface area contributed by atoms with Crippen LogP contribution in [0.25, 0.3) is 10.2 Å². The molecule has 0 amide bonds. The van der Waals surface area contributed by atoms with E-state index in [2.05, 4.69) is 36.2 Å². The average Bonchev–Trinajstić information content (AvgIpc) is 2.88. The predicted octanol–water partition coefficient (Wildman–Crippen LogP) is 3.76.